The molecule has 2 aromatic carbocycles. The van der Waals surface area contributed by atoms with Crippen LogP contribution in [0.1, 0.15) is 5.01 Å². The topological polar surface area (TPSA) is 51.2 Å². The van der Waals surface area contributed by atoms with Gasteiger partial charge in [-0.15, -0.1) is 11.3 Å². The maximum Gasteiger partial charge on any atom is 0.262 e. The van der Waals surface area contributed by atoms with Crippen molar-refractivity contribution in [3.05, 3.63) is 53.3 Å². The molecule has 4 nitrogen and oxygen atoms in total. The van der Waals surface area contributed by atoms with Gasteiger partial charge in [0.2, 0.25) is 0 Å². The largest absolute Gasteiger partial charge is 0.484 e. The average molecular weight is 316 g/mol. The van der Waals surface area contributed by atoms with Gasteiger partial charge in [-0.25, -0.2) is 9.37 Å². The van der Waals surface area contributed by atoms with Crippen molar-refractivity contribution in [1.82, 2.24) is 4.98 Å². The number of ether oxygens (including phenoxy) is 1. The molecule has 3 aromatic rings. The predicted octanol–water partition coefficient (Wildman–Crippen LogP) is 3.76. The summed E-state index contributed by atoms with van der Waals surface area (Å²) in [7, 11) is 0. The van der Waals surface area contributed by atoms with Crippen LogP contribution in [0.5, 0.6) is 5.75 Å². The zero-order chi connectivity index (χ0) is 15.5. The lowest BCUT2D eigenvalue weighted by atomic mass is 10.3. The highest BCUT2D eigenvalue weighted by molar-refractivity contribution is 7.18. The highest BCUT2D eigenvalue weighted by Gasteiger charge is 2.06. The number of benzene rings is 2. The number of carbonyl (C=O) groups excluding carboxylic acids is 1. The molecule has 0 aliphatic heterocycles. The second-order valence-corrected chi connectivity index (χ2v) is 5.94. The highest BCUT2D eigenvalue weighted by Crippen LogP contribution is 2.24. The van der Waals surface area contributed by atoms with Gasteiger partial charge in [0.05, 0.1) is 15.2 Å². The number of nitrogens with zero attached hydrogens (tertiary/aromatic N) is 1. The van der Waals surface area contributed by atoms with Crippen LogP contribution in [-0.4, -0.2) is 17.5 Å². The number of thiazole rings is 1. The molecule has 0 bridgehead atoms. The number of aromatic nitrogens is 1. The molecule has 0 atom stereocenters. The Bertz CT molecular complexity index is 832. The third-order valence-electron chi connectivity index (χ3n) is 2.95. The van der Waals surface area contributed by atoms with Gasteiger partial charge in [0, 0.05) is 11.8 Å². The molecule has 22 heavy (non-hydrogen) atoms. The van der Waals surface area contributed by atoms with Crippen molar-refractivity contribution in [2.75, 3.05) is 11.9 Å². The molecule has 0 aliphatic carbocycles. The molecule has 1 amide bonds. The second-order valence-electron chi connectivity index (χ2n) is 4.71. The molecular weight excluding hydrogens is 303 g/mol. The van der Waals surface area contributed by atoms with E-state index >= 15 is 0 Å². The fourth-order valence-electron chi connectivity index (χ4n) is 2.02. The molecule has 3 rings (SSSR count). The van der Waals surface area contributed by atoms with E-state index in [1.54, 1.807) is 23.5 Å². The summed E-state index contributed by atoms with van der Waals surface area (Å²) < 4.78 is 19.3. The van der Waals surface area contributed by atoms with Crippen LogP contribution in [0, 0.1) is 12.7 Å². The van der Waals surface area contributed by atoms with Gasteiger partial charge in [-0.05, 0) is 37.3 Å². The molecule has 0 radical (unpaired) electrons. The summed E-state index contributed by atoms with van der Waals surface area (Å²) in [6.07, 6.45) is 0. The number of hydrogen-bond donors (Lipinski definition) is 1. The number of rotatable bonds is 4. The average Bonchev–Trinajstić information content (AvgIpc) is 2.84. The fourth-order valence-corrected chi connectivity index (χ4v) is 2.89. The number of fused-ring (bicyclic) bond motifs is 1. The van der Waals surface area contributed by atoms with E-state index in [4.69, 9.17) is 4.74 Å². The lowest BCUT2D eigenvalue weighted by Crippen LogP contribution is -2.20. The first-order valence-electron chi connectivity index (χ1n) is 6.65. The molecular formula is C16H13FN2O2S. The van der Waals surface area contributed by atoms with Crippen molar-refractivity contribution in [2.24, 2.45) is 0 Å². The van der Waals surface area contributed by atoms with Crippen LogP contribution < -0.4 is 10.1 Å². The molecule has 6 heteroatoms. The quantitative estimate of drug-likeness (QED) is 0.797. The maximum absolute atomic E-state index is 13.0. The summed E-state index contributed by atoms with van der Waals surface area (Å²) >= 11 is 1.57. The molecule has 1 heterocycles. The number of anilines is 1. The number of aryl methyl sites for hydroxylation is 1. The zero-order valence-corrected chi connectivity index (χ0v) is 12.6. The van der Waals surface area contributed by atoms with E-state index < -0.39 is 5.82 Å². The van der Waals surface area contributed by atoms with Crippen LogP contribution in [0.15, 0.2) is 42.5 Å². The monoisotopic (exact) mass is 316 g/mol. The minimum absolute atomic E-state index is 0.177. The van der Waals surface area contributed by atoms with Crippen molar-refractivity contribution in [3.8, 4) is 5.75 Å². The summed E-state index contributed by atoms with van der Waals surface area (Å²) in [5.41, 5.74) is 1.60. The molecule has 0 saturated carbocycles. The maximum atomic E-state index is 13.0. The molecule has 0 saturated heterocycles. The molecule has 0 aliphatic rings. The molecule has 0 spiro atoms. The normalized spacial score (nSPS) is 10.6. The van der Waals surface area contributed by atoms with Crippen LogP contribution in [0.2, 0.25) is 0 Å². The third-order valence-corrected chi connectivity index (χ3v) is 3.88. The Morgan fingerprint density at radius 1 is 1.32 bits per heavy atom. The summed E-state index contributed by atoms with van der Waals surface area (Å²) in [4.78, 5) is 16.2. The Balaban J connectivity index is 1.62. The van der Waals surface area contributed by atoms with Crippen molar-refractivity contribution in [3.63, 3.8) is 0 Å². The number of amides is 1. The molecule has 112 valence electrons. The minimum Gasteiger partial charge on any atom is -0.484 e. The lowest BCUT2D eigenvalue weighted by molar-refractivity contribution is -0.118. The molecule has 1 N–H and O–H groups in total. The Labute approximate surface area is 130 Å². The van der Waals surface area contributed by atoms with Gasteiger partial charge in [0.1, 0.15) is 11.6 Å². The van der Waals surface area contributed by atoms with E-state index in [1.165, 1.54) is 18.2 Å². The summed E-state index contributed by atoms with van der Waals surface area (Å²) in [5.74, 6) is -0.377. The first-order valence-corrected chi connectivity index (χ1v) is 7.47. The third kappa shape index (κ3) is 3.40. The number of nitrogens with one attached hydrogen (secondary N) is 1. The Hall–Kier alpha value is -2.47. The van der Waals surface area contributed by atoms with Crippen LogP contribution in [0.3, 0.4) is 0 Å². The standard InChI is InChI=1S/C16H13FN2O2S/c1-10-18-14-6-5-12(8-15(14)22-10)19-16(20)9-21-13-4-2-3-11(17)7-13/h2-8H,9H2,1H3,(H,19,20). The van der Waals surface area contributed by atoms with Gasteiger partial charge in [-0.1, -0.05) is 6.07 Å². The van der Waals surface area contributed by atoms with E-state index in [-0.39, 0.29) is 12.5 Å². The number of halogens is 1. The minimum atomic E-state index is -0.399. The Kier molecular flexibility index (Phi) is 4.02. The summed E-state index contributed by atoms with van der Waals surface area (Å²) in [5, 5.41) is 3.73. The van der Waals surface area contributed by atoms with Crippen molar-refractivity contribution >= 4 is 33.1 Å². The van der Waals surface area contributed by atoms with Gasteiger partial charge in [-0.3, -0.25) is 4.79 Å². The number of hydrogen-bond acceptors (Lipinski definition) is 4. The van der Waals surface area contributed by atoms with E-state index in [0.717, 1.165) is 15.2 Å². The van der Waals surface area contributed by atoms with Gasteiger partial charge >= 0.3 is 0 Å². The zero-order valence-electron chi connectivity index (χ0n) is 11.8. The van der Waals surface area contributed by atoms with Gasteiger partial charge in [-0.2, -0.15) is 0 Å². The van der Waals surface area contributed by atoms with Gasteiger partial charge < -0.3 is 10.1 Å². The van der Waals surface area contributed by atoms with E-state index in [1.807, 2.05) is 19.1 Å². The summed E-state index contributed by atoms with van der Waals surface area (Å²) in [6.45, 7) is 1.76. The van der Waals surface area contributed by atoms with Crippen LogP contribution in [0.25, 0.3) is 10.2 Å². The van der Waals surface area contributed by atoms with E-state index in [2.05, 4.69) is 10.3 Å². The van der Waals surface area contributed by atoms with Crippen LogP contribution in [0.4, 0.5) is 10.1 Å². The van der Waals surface area contributed by atoms with Crippen molar-refractivity contribution in [2.45, 2.75) is 6.92 Å². The lowest BCUT2D eigenvalue weighted by Gasteiger charge is -2.07. The smallest absolute Gasteiger partial charge is 0.262 e. The Morgan fingerprint density at radius 3 is 3.00 bits per heavy atom. The van der Waals surface area contributed by atoms with Crippen LogP contribution in [-0.2, 0) is 4.79 Å². The SMILES string of the molecule is Cc1nc2ccc(NC(=O)COc3cccc(F)c3)cc2s1. The molecule has 0 fully saturated rings. The molecule has 1 aromatic heterocycles. The first-order chi connectivity index (χ1) is 10.6. The van der Waals surface area contributed by atoms with Crippen LogP contribution >= 0.6 is 11.3 Å². The van der Waals surface area contributed by atoms with Gasteiger partial charge in [0.25, 0.3) is 5.91 Å². The van der Waals surface area contributed by atoms with Gasteiger partial charge in [0.15, 0.2) is 6.61 Å². The second kappa shape index (κ2) is 6.11. The summed E-state index contributed by atoms with van der Waals surface area (Å²) in [6, 6.07) is 11.2. The first kappa shape index (κ1) is 14.5. The van der Waals surface area contributed by atoms with Crippen molar-refractivity contribution < 1.29 is 13.9 Å². The highest BCUT2D eigenvalue weighted by atomic mass is 32.1. The fraction of sp³-hybridized carbons (Fsp3) is 0.125. The Morgan fingerprint density at radius 2 is 2.18 bits per heavy atom. The van der Waals surface area contributed by atoms with E-state index in [9.17, 15) is 9.18 Å². The predicted molar refractivity (Wildman–Crippen MR) is 84.9 cm³/mol. The number of carbonyl (C=O) groups is 1. The van der Waals surface area contributed by atoms with E-state index in [0.29, 0.717) is 11.4 Å². The van der Waals surface area contributed by atoms with Crippen molar-refractivity contribution in [1.29, 1.82) is 0 Å². The molecule has 0 unspecified atom stereocenters.